The fourth-order valence-electron chi connectivity index (χ4n) is 0.953. The fourth-order valence-corrected chi connectivity index (χ4v) is 2.60. The van der Waals surface area contributed by atoms with Gasteiger partial charge in [-0.15, -0.1) is 0 Å². The van der Waals surface area contributed by atoms with E-state index in [9.17, 15) is 13.2 Å². The summed E-state index contributed by atoms with van der Waals surface area (Å²) in [6.45, 7) is -0.418. The van der Waals surface area contributed by atoms with E-state index in [0.29, 0.717) is 9.50 Å². The second-order valence-corrected chi connectivity index (χ2v) is 6.01. The highest BCUT2D eigenvalue weighted by Crippen LogP contribution is 2.25. The Kier molecular flexibility index (Phi) is 4.93. The lowest BCUT2D eigenvalue weighted by atomic mass is 10.4. The molecule has 0 radical (unpaired) electrons. The molecule has 0 atom stereocenters. The van der Waals surface area contributed by atoms with Crippen LogP contribution in [-0.4, -0.2) is 28.0 Å². The fraction of sp³-hybridized carbons (Fsp3) is 0.222. The van der Waals surface area contributed by atoms with Gasteiger partial charge in [0.1, 0.15) is 6.54 Å². The minimum Gasteiger partial charge on any atom is -0.468 e. The number of hydrogen-bond acceptors (Lipinski definition) is 4. The van der Waals surface area contributed by atoms with E-state index in [1.807, 2.05) is 0 Å². The van der Waals surface area contributed by atoms with E-state index in [2.05, 4.69) is 25.4 Å². The molecule has 0 aliphatic heterocycles. The molecule has 0 amide bonds. The van der Waals surface area contributed by atoms with Gasteiger partial charge in [-0.25, -0.2) is 8.42 Å². The van der Waals surface area contributed by atoms with Gasteiger partial charge in [0.05, 0.1) is 17.0 Å². The van der Waals surface area contributed by atoms with Crippen LogP contribution in [0.3, 0.4) is 0 Å². The zero-order valence-corrected chi connectivity index (χ0v) is 11.9. The van der Waals surface area contributed by atoms with Crippen molar-refractivity contribution in [3.05, 3.63) is 27.7 Å². The Labute approximate surface area is 112 Å². The van der Waals surface area contributed by atoms with E-state index < -0.39 is 22.5 Å². The first-order valence-electron chi connectivity index (χ1n) is 4.38. The molecule has 1 aromatic carbocycles. The van der Waals surface area contributed by atoms with E-state index in [0.717, 1.165) is 0 Å². The van der Waals surface area contributed by atoms with Gasteiger partial charge in [0.25, 0.3) is 0 Å². The number of esters is 1. The molecule has 1 N–H and O–H groups in total. The van der Waals surface area contributed by atoms with Crippen LogP contribution in [0.1, 0.15) is 0 Å². The lowest BCUT2D eigenvalue weighted by Crippen LogP contribution is -2.30. The van der Waals surface area contributed by atoms with Gasteiger partial charge in [-0.05, 0) is 34.1 Å². The molecule has 0 aliphatic carbocycles. The molecule has 0 heterocycles. The number of sulfonamides is 1. The number of halogens is 2. The summed E-state index contributed by atoms with van der Waals surface area (Å²) in [4.78, 5) is 10.8. The van der Waals surface area contributed by atoms with E-state index in [4.69, 9.17) is 11.6 Å². The summed E-state index contributed by atoms with van der Waals surface area (Å²) in [5.41, 5.74) is 0. The number of benzene rings is 1. The van der Waals surface area contributed by atoms with Gasteiger partial charge in [-0.3, -0.25) is 4.79 Å². The minimum absolute atomic E-state index is 0.0117. The third kappa shape index (κ3) is 3.95. The largest absolute Gasteiger partial charge is 0.468 e. The predicted molar refractivity (Wildman–Crippen MR) is 66.4 cm³/mol. The lowest BCUT2D eigenvalue weighted by Gasteiger charge is -2.06. The summed E-state index contributed by atoms with van der Waals surface area (Å²) in [7, 11) is -2.57. The summed E-state index contributed by atoms with van der Waals surface area (Å²) >= 11 is 8.86. The maximum absolute atomic E-state index is 11.7. The first-order valence-corrected chi connectivity index (χ1v) is 7.04. The number of hydrogen-bond donors (Lipinski definition) is 1. The lowest BCUT2D eigenvalue weighted by molar-refractivity contribution is -0.139. The van der Waals surface area contributed by atoms with Crippen molar-refractivity contribution in [1.29, 1.82) is 0 Å². The molecule has 0 saturated heterocycles. The predicted octanol–water partition coefficient (Wildman–Crippen LogP) is 1.55. The van der Waals surface area contributed by atoms with Gasteiger partial charge in [0.15, 0.2) is 0 Å². The Balaban J connectivity index is 2.90. The SMILES string of the molecule is COC(=O)CNS(=O)(=O)c1ccc(Cl)c(Br)c1. The third-order valence-corrected chi connectivity index (χ3v) is 4.45. The molecule has 0 fully saturated rings. The standard InChI is InChI=1S/C9H9BrClNO4S/c1-16-9(13)5-12-17(14,15)6-2-3-8(11)7(10)4-6/h2-4,12H,5H2,1H3. The van der Waals surface area contributed by atoms with Crippen molar-refractivity contribution < 1.29 is 17.9 Å². The number of nitrogens with one attached hydrogen (secondary N) is 1. The van der Waals surface area contributed by atoms with Crippen LogP contribution in [-0.2, 0) is 19.6 Å². The van der Waals surface area contributed by atoms with Gasteiger partial charge < -0.3 is 4.74 Å². The molecule has 94 valence electrons. The smallest absolute Gasteiger partial charge is 0.320 e. The van der Waals surface area contributed by atoms with E-state index in [1.165, 1.54) is 25.3 Å². The maximum atomic E-state index is 11.7. The molecule has 1 rings (SSSR count). The van der Waals surface area contributed by atoms with Crippen molar-refractivity contribution in [3.8, 4) is 0 Å². The molecule has 0 aliphatic rings. The van der Waals surface area contributed by atoms with Crippen molar-refractivity contribution in [3.63, 3.8) is 0 Å². The average Bonchev–Trinajstić information content (AvgIpc) is 2.29. The van der Waals surface area contributed by atoms with Crippen molar-refractivity contribution in [2.24, 2.45) is 0 Å². The molecule has 5 nitrogen and oxygen atoms in total. The van der Waals surface area contributed by atoms with Crippen LogP contribution < -0.4 is 4.72 Å². The van der Waals surface area contributed by atoms with Crippen LogP contribution in [0.25, 0.3) is 0 Å². The number of carbonyl (C=O) groups excluding carboxylic acids is 1. The highest BCUT2D eigenvalue weighted by molar-refractivity contribution is 9.10. The Morgan fingerprint density at radius 3 is 2.71 bits per heavy atom. The summed E-state index contributed by atoms with van der Waals surface area (Å²) in [5.74, 6) is -0.665. The van der Waals surface area contributed by atoms with Crippen LogP contribution >= 0.6 is 27.5 Å². The van der Waals surface area contributed by atoms with E-state index in [-0.39, 0.29) is 4.90 Å². The molecule has 1 aromatic rings. The number of ether oxygens (including phenoxy) is 1. The minimum atomic E-state index is -3.74. The Morgan fingerprint density at radius 1 is 1.53 bits per heavy atom. The number of rotatable bonds is 4. The molecule has 17 heavy (non-hydrogen) atoms. The quantitative estimate of drug-likeness (QED) is 0.843. The molecule has 0 spiro atoms. The van der Waals surface area contributed by atoms with Crippen LogP contribution in [0.2, 0.25) is 5.02 Å². The van der Waals surface area contributed by atoms with Gasteiger partial charge in [0, 0.05) is 4.47 Å². The van der Waals surface area contributed by atoms with Crippen molar-refractivity contribution in [1.82, 2.24) is 4.72 Å². The van der Waals surface area contributed by atoms with Gasteiger partial charge in [0.2, 0.25) is 10.0 Å². The maximum Gasteiger partial charge on any atom is 0.320 e. The zero-order valence-electron chi connectivity index (χ0n) is 8.74. The average molecular weight is 343 g/mol. The van der Waals surface area contributed by atoms with Crippen LogP contribution in [0, 0.1) is 0 Å². The summed E-state index contributed by atoms with van der Waals surface area (Å²) < 4.78 is 30.4. The van der Waals surface area contributed by atoms with Crippen molar-refractivity contribution in [2.75, 3.05) is 13.7 Å². The first-order chi connectivity index (χ1) is 7.86. The summed E-state index contributed by atoms with van der Waals surface area (Å²) in [6.07, 6.45) is 0. The monoisotopic (exact) mass is 341 g/mol. The van der Waals surface area contributed by atoms with E-state index in [1.54, 1.807) is 0 Å². The first kappa shape index (κ1) is 14.4. The topological polar surface area (TPSA) is 72.5 Å². The van der Waals surface area contributed by atoms with Crippen molar-refractivity contribution >= 4 is 43.5 Å². The Hall–Kier alpha value is -0.630. The van der Waals surface area contributed by atoms with E-state index >= 15 is 0 Å². The van der Waals surface area contributed by atoms with Gasteiger partial charge >= 0.3 is 5.97 Å². The number of methoxy groups -OCH3 is 1. The molecule has 0 aromatic heterocycles. The highest BCUT2D eigenvalue weighted by Gasteiger charge is 2.16. The third-order valence-electron chi connectivity index (χ3n) is 1.84. The summed E-state index contributed by atoms with van der Waals surface area (Å²) in [5, 5.41) is 0.400. The van der Waals surface area contributed by atoms with Crippen LogP contribution in [0.5, 0.6) is 0 Å². The molecule has 0 bridgehead atoms. The Morgan fingerprint density at radius 2 is 2.18 bits per heavy atom. The number of carbonyl (C=O) groups is 1. The van der Waals surface area contributed by atoms with Gasteiger partial charge in [-0.1, -0.05) is 11.6 Å². The molecule has 8 heteroatoms. The molecular weight excluding hydrogens is 334 g/mol. The second-order valence-electron chi connectivity index (χ2n) is 2.98. The van der Waals surface area contributed by atoms with Gasteiger partial charge in [-0.2, -0.15) is 4.72 Å². The highest BCUT2D eigenvalue weighted by atomic mass is 79.9. The zero-order chi connectivity index (χ0) is 13.1. The van der Waals surface area contributed by atoms with Crippen LogP contribution in [0.15, 0.2) is 27.6 Å². The molecule has 0 unspecified atom stereocenters. The van der Waals surface area contributed by atoms with Crippen LogP contribution in [0.4, 0.5) is 0 Å². The molecular formula is C9H9BrClNO4S. The Bertz CT molecular complexity index is 532. The van der Waals surface area contributed by atoms with Crippen molar-refractivity contribution in [2.45, 2.75) is 4.90 Å². The summed E-state index contributed by atoms with van der Waals surface area (Å²) in [6, 6.07) is 4.13. The normalized spacial score (nSPS) is 11.2. The second kappa shape index (κ2) is 5.81. The molecule has 0 saturated carbocycles.